The largest absolute Gasteiger partial charge is 0.493 e. The summed E-state index contributed by atoms with van der Waals surface area (Å²) >= 11 is 0. The van der Waals surface area contributed by atoms with Gasteiger partial charge in [-0.05, 0) is 62.4 Å². The third kappa shape index (κ3) is 3.78. The van der Waals surface area contributed by atoms with Crippen LogP contribution in [0.3, 0.4) is 0 Å². The maximum atomic E-state index is 6.13. The standard InChI is InChI=1S/C21H25N5O2/c1-13(25-20-16-8-10-19(22)26-21(16)24-12-23-20)14-7-9-17(18(11-14)27-2)28-15-5-3-4-6-15/h7-13,15H,3-6H2,1-2H3,(H3,22,23,24,25,26). The Bertz CT molecular complexity index is 972. The number of rotatable bonds is 6. The lowest BCUT2D eigenvalue weighted by atomic mass is 10.1. The van der Waals surface area contributed by atoms with Crippen molar-refractivity contribution in [2.24, 2.45) is 0 Å². The molecule has 4 rings (SSSR count). The smallest absolute Gasteiger partial charge is 0.166 e. The molecule has 0 saturated heterocycles. The first-order valence-electron chi connectivity index (χ1n) is 9.62. The summed E-state index contributed by atoms with van der Waals surface area (Å²) in [5.41, 5.74) is 7.40. The van der Waals surface area contributed by atoms with E-state index >= 15 is 0 Å². The van der Waals surface area contributed by atoms with Crippen LogP contribution in [0.4, 0.5) is 11.6 Å². The Morgan fingerprint density at radius 2 is 1.93 bits per heavy atom. The fourth-order valence-electron chi connectivity index (χ4n) is 3.60. The van der Waals surface area contributed by atoms with Crippen LogP contribution in [0, 0.1) is 0 Å². The monoisotopic (exact) mass is 379 g/mol. The summed E-state index contributed by atoms with van der Waals surface area (Å²) in [5, 5.41) is 4.27. The highest BCUT2D eigenvalue weighted by Gasteiger charge is 2.19. The van der Waals surface area contributed by atoms with Gasteiger partial charge in [0.2, 0.25) is 0 Å². The van der Waals surface area contributed by atoms with E-state index in [-0.39, 0.29) is 6.04 Å². The highest BCUT2D eigenvalue weighted by molar-refractivity contribution is 5.87. The maximum absolute atomic E-state index is 6.13. The SMILES string of the molecule is COc1cc(C(C)Nc2ncnc3nc(N)ccc23)ccc1OC1CCCC1. The van der Waals surface area contributed by atoms with Gasteiger partial charge in [0.05, 0.1) is 24.6 Å². The van der Waals surface area contributed by atoms with Crippen molar-refractivity contribution >= 4 is 22.7 Å². The minimum absolute atomic E-state index is 0.00471. The van der Waals surface area contributed by atoms with Crippen LogP contribution in [0.2, 0.25) is 0 Å². The molecule has 0 bridgehead atoms. The van der Waals surface area contributed by atoms with Crippen molar-refractivity contribution in [3.8, 4) is 11.5 Å². The van der Waals surface area contributed by atoms with Gasteiger partial charge in [0.15, 0.2) is 17.1 Å². The number of aromatic nitrogens is 3. The van der Waals surface area contributed by atoms with Gasteiger partial charge < -0.3 is 20.5 Å². The van der Waals surface area contributed by atoms with Crippen molar-refractivity contribution < 1.29 is 9.47 Å². The van der Waals surface area contributed by atoms with E-state index in [1.807, 2.05) is 18.2 Å². The third-order valence-electron chi connectivity index (χ3n) is 5.16. The Kier molecular flexibility index (Phi) is 5.14. The van der Waals surface area contributed by atoms with Crippen LogP contribution in [0.5, 0.6) is 11.5 Å². The molecule has 2 heterocycles. The summed E-state index contributed by atoms with van der Waals surface area (Å²) in [6.45, 7) is 2.07. The van der Waals surface area contributed by atoms with Crippen LogP contribution in [-0.4, -0.2) is 28.2 Å². The van der Waals surface area contributed by atoms with E-state index in [9.17, 15) is 0 Å². The summed E-state index contributed by atoms with van der Waals surface area (Å²) in [5.74, 6) is 2.71. The summed E-state index contributed by atoms with van der Waals surface area (Å²) < 4.78 is 11.7. The minimum atomic E-state index is 0.00471. The van der Waals surface area contributed by atoms with Crippen molar-refractivity contribution in [3.05, 3.63) is 42.2 Å². The van der Waals surface area contributed by atoms with E-state index in [1.165, 1.54) is 19.2 Å². The Labute approximate surface area is 164 Å². The zero-order chi connectivity index (χ0) is 19.5. The second kappa shape index (κ2) is 7.88. The van der Waals surface area contributed by atoms with E-state index in [2.05, 4.69) is 33.3 Å². The van der Waals surface area contributed by atoms with Gasteiger partial charge in [-0.25, -0.2) is 15.0 Å². The first-order valence-corrected chi connectivity index (χ1v) is 9.62. The number of hydrogen-bond acceptors (Lipinski definition) is 7. The first-order chi connectivity index (χ1) is 13.6. The van der Waals surface area contributed by atoms with E-state index in [0.29, 0.717) is 17.6 Å². The second-order valence-electron chi connectivity index (χ2n) is 7.13. The van der Waals surface area contributed by atoms with Crippen molar-refractivity contribution in [2.75, 3.05) is 18.2 Å². The van der Waals surface area contributed by atoms with Crippen LogP contribution in [0.1, 0.15) is 44.2 Å². The van der Waals surface area contributed by atoms with Crippen molar-refractivity contribution in [1.82, 2.24) is 15.0 Å². The van der Waals surface area contributed by atoms with E-state index in [0.717, 1.165) is 41.1 Å². The van der Waals surface area contributed by atoms with Gasteiger partial charge in [-0.2, -0.15) is 0 Å². The van der Waals surface area contributed by atoms with Crippen molar-refractivity contribution in [2.45, 2.75) is 44.8 Å². The molecule has 7 nitrogen and oxygen atoms in total. The third-order valence-corrected chi connectivity index (χ3v) is 5.16. The van der Waals surface area contributed by atoms with Gasteiger partial charge in [-0.15, -0.1) is 0 Å². The number of methoxy groups -OCH3 is 1. The van der Waals surface area contributed by atoms with Gasteiger partial charge in [0.25, 0.3) is 0 Å². The zero-order valence-corrected chi connectivity index (χ0v) is 16.2. The lowest BCUT2D eigenvalue weighted by Crippen LogP contribution is -2.12. The number of nitrogens with zero attached hydrogens (tertiary/aromatic N) is 3. The number of pyridine rings is 1. The molecule has 1 unspecified atom stereocenters. The summed E-state index contributed by atoms with van der Waals surface area (Å²) in [7, 11) is 1.67. The van der Waals surface area contributed by atoms with E-state index < -0.39 is 0 Å². The molecule has 28 heavy (non-hydrogen) atoms. The van der Waals surface area contributed by atoms with Crippen molar-refractivity contribution in [1.29, 1.82) is 0 Å². The molecule has 1 saturated carbocycles. The molecule has 1 aromatic carbocycles. The predicted molar refractivity (Wildman–Crippen MR) is 110 cm³/mol. The molecule has 2 aromatic heterocycles. The Hall–Kier alpha value is -3.09. The molecule has 0 radical (unpaired) electrons. The molecule has 1 aliphatic carbocycles. The number of ether oxygens (including phenoxy) is 2. The average Bonchev–Trinajstić information content (AvgIpc) is 3.21. The van der Waals surface area contributed by atoms with Crippen LogP contribution in [0.15, 0.2) is 36.7 Å². The molecule has 1 atom stereocenters. The molecule has 0 spiro atoms. The van der Waals surface area contributed by atoms with Gasteiger partial charge >= 0.3 is 0 Å². The number of nitrogens with one attached hydrogen (secondary N) is 1. The highest BCUT2D eigenvalue weighted by Crippen LogP contribution is 2.34. The van der Waals surface area contributed by atoms with Gasteiger partial charge in [0, 0.05) is 0 Å². The molecule has 0 aliphatic heterocycles. The summed E-state index contributed by atoms with van der Waals surface area (Å²) in [4.78, 5) is 12.8. The van der Waals surface area contributed by atoms with Gasteiger partial charge in [-0.3, -0.25) is 0 Å². The van der Waals surface area contributed by atoms with Gasteiger partial charge in [-0.1, -0.05) is 6.07 Å². The molecule has 146 valence electrons. The number of benzene rings is 1. The van der Waals surface area contributed by atoms with Crippen LogP contribution >= 0.6 is 0 Å². The zero-order valence-electron chi connectivity index (χ0n) is 16.2. The Morgan fingerprint density at radius 3 is 2.71 bits per heavy atom. The first kappa shape index (κ1) is 18.3. The van der Waals surface area contributed by atoms with Crippen LogP contribution < -0.4 is 20.5 Å². The molecule has 1 aliphatic rings. The maximum Gasteiger partial charge on any atom is 0.166 e. The Balaban J connectivity index is 1.55. The molecular formula is C21H25N5O2. The van der Waals surface area contributed by atoms with Gasteiger partial charge in [0.1, 0.15) is 18.0 Å². The molecule has 0 amide bonds. The number of hydrogen-bond donors (Lipinski definition) is 2. The normalized spacial score (nSPS) is 15.5. The number of fused-ring (bicyclic) bond motifs is 1. The number of anilines is 2. The lowest BCUT2D eigenvalue weighted by Gasteiger charge is -2.20. The molecule has 3 aromatic rings. The molecule has 7 heteroatoms. The number of nitrogens with two attached hydrogens (primary N) is 1. The topological polar surface area (TPSA) is 95.2 Å². The van der Waals surface area contributed by atoms with E-state index in [4.69, 9.17) is 15.2 Å². The molecule has 3 N–H and O–H groups in total. The predicted octanol–water partition coefficient (Wildman–Crippen LogP) is 4.11. The average molecular weight is 379 g/mol. The quantitative estimate of drug-likeness (QED) is 0.665. The summed E-state index contributed by atoms with van der Waals surface area (Å²) in [6, 6.07) is 9.70. The summed E-state index contributed by atoms with van der Waals surface area (Å²) in [6.07, 6.45) is 6.48. The van der Waals surface area contributed by atoms with E-state index in [1.54, 1.807) is 13.2 Å². The number of nitrogen functional groups attached to an aromatic ring is 1. The molecule has 1 fully saturated rings. The second-order valence-corrected chi connectivity index (χ2v) is 7.13. The fraction of sp³-hybridized carbons (Fsp3) is 0.381. The lowest BCUT2D eigenvalue weighted by molar-refractivity contribution is 0.200. The van der Waals surface area contributed by atoms with Crippen LogP contribution in [0.25, 0.3) is 11.0 Å². The molecular weight excluding hydrogens is 354 g/mol. The van der Waals surface area contributed by atoms with Crippen molar-refractivity contribution in [3.63, 3.8) is 0 Å². The van der Waals surface area contributed by atoms with Crippen LogP contribution in [-0.2, 0) is 0 Å². The Morgan fingerprint density at radius 1 is 1.11 bits per heavy atom. The minimum Gasteiger partial charge on any atom is -0.493 e. The highest BCUT2D eigenvalue weighted by atomic mass is 16.5. The fourth-order valence-corrected chi connectivity index (χ4v) is 3.60.